The normalized spacial score (nSPS) is 10.5. The number of ether oxygens (including phenoxy) is 1. The summed E-state index contributed by atoms with van der Waals surface area (Å²) in [7, 11) is 1.28. The lowest BCUT2D eigenvalue weighted by molar-refractivity contribution is -0.117. The molecule has 0 radical (unpaired) electrons. The Labute approximate surface area is 183 Å². The highest BCUT2D eigenvalue weighted by atomic mass is 32.1. The molecule has 3 aromatic rings. The van der Waals surface area contributed by atoms with E-state index < -0.39 is 5.97 Å². The van der Waals surface area contributed by atoms with E-state index in [2.05, 4.69) is 11.4 Å². The van der Waals surface area contributed by atoms with Gasteiger partial charge in [0.05, 0.1) is 31.0 Å². The van der Waals surface area contributed by atoms with Gasteiger partial charge in [-0.2, -0.15) is 5.26 Å². The van der Waals surface area contributed by atoms with Crippen LogP contribution in [0.25, 0.3) is 0 Å². The number of benzene rings is 2. The molecule has 8 heteroatoms. The first-order chi connectivity index (χ1) is 15.0. The number of nitriles is 1. The fraction of sp³-hybridized carbons (Fsp3) is 0.174. The Morgan fingerprint density at radius 2 is 1.87 bits per heavy atom. The molecule has 0 fully saturated rings. The number of hydrogen-bond acceptors (Lipinski definition) is 6. The van der Waals surface area contributed by atoms with Crippen molar-refractivity contribution in [1.29, 1.82) is 5.26 Å². The highest BCUT2D eigenvalue weighted by Gasteiger charge is 2.18. The SMILES string of the molecule is COC(=O)c1sccc1NC(=O)CN(Cc1ccc(C#N)cc1)Cc1cccc(F)c1. The summed E-state index contributed by atoms with van der Waals surface area (Å²) in [6, 6.07) is 17.0. The van der Waals surface area contributed by atoms with Crippen molar-refractivity contribution in [2.24, 2.45) is 0 Å². The minimum Gasteiger partial charge on any atom is -0.465 e. The standard InChI is InChI=1S/C23H20FN3O3S/c1-30-23(29)22-20(9-10-31-22)26-21(28)15-27(14-18-3-2-4-19(24)11-18)13-17-7-5-16(12-25)6-8-17/h2-11H,13-15H2,1H3,(H,26,28). The van der Waals surface area contributed by atoms with E-state index >= 15 is 0 Å². The maximum atomic E-state index is 13.6. The fourth-order valence-electron chi connectivity index (χ4n) is 3.06. The highest BCUT2D eigenvalue weighted by Crippen LogP contribution is 2.23. The molecule has 0 atom stereocenters. The Morgan fingerprint density at radius 1 is 1.13 bits per heavy atom. The number of esters is 1. The van der Waals surface area contributed by atoms with Gasteiger partial charge in [0.1, 0.15) is 10.7 Å². The molecule has 0 spiro atoms. The van der Waals surface area contributed by atoms with Crippen LogP contribution in [0.2, 0.25) is 0 Å². The molecule has 0 bridgehead atoms. The van der Waals surface area contributed by atoms with E-state index in [1.165, 1.54) is 30.6 Å². The Bertz CT molecular complexity index is 1110. The van der Waals surface area contributed by atoms with Crippen LogP contribution in [0.5, 0.6) is 0 Å². The zero-order valence-corrected chi connectivity index (χ0v) is 17.6. The predicted molar refractivity (Wildman–Crippen MR) is 116 cm³/mol. The van der Waals surface area contributed by atoms with Gasteiger partial charge in [0.25, 0.3) is 0 Å². The van der Waals surface area contributed by atoms with E-state index in [0.29, 0.717) is 29.2 Å². The van der Waals surface area contributed by atoms with E-state index in [0.717, 1.165) is 11.1 Å². The molecular formula is C23H20FN3O3S. The number of hydrogen-bond donors (Lipinski definition) is 1. The van der Waals surface area contributed by atoms with Crippen molar-refractivity contribution < 1.29 is 18.7 Å². The Balaban J connectivity index is 1.75. The third-order valence-electron chi connectivity index (χ3n) is 4.46. The quantitative estimate of drug-likeness (QED) is 0.535. The second-order valence-electron chi connectivity index (χ2n) is 6.79. The van der Waals surface area contributed by atoms with Crippen molar-refractivity contribution in [2.45, 2.75) is 13.1 Å². The van der Waals surface area contributed by atoms with Gasteiger partial charge in [-0.15, -0.1) is 11.3 Å². The molecule has 3 rings (SSSR count). The highest BCUT2D eigenvalue weighted by molar-refractivity contribution is 7.12. The van der Waals surface area contributed by atoms with Crippen LogP contribution >= 0.6 is 11.3 Å². The lowest BCUT2D eigenvalue weighted by Crippen LogP contribution is -2.32. The van der Waals surface area contributed by atoms with Gasteiger partial charge < -0.3 is 10.1 Å². The van der Waals surface area contributed by atoms with E-state index in [1.54, 1.807) is 35.7 Å². The zero-order valence-electron chi connectivity index (χ0n) is 16.8. The van der Waals surface area contributed by atoms with Crippen LogP contribution in [-0.2, 0) is 22.6 Å². The molecule has 1 amide bonds. The van der Waals surface area contributed by atoms with Crippen LogP contribution in [0.1, 0.15) is 26.4 Å². The largest absolute Gasteiger partial charge is 0.465 e. The number of halogens is 1. The summed E-state index contributed by atoms with van der Waals surface area (Å²) in [5, 5.41) is 13.4. The van der Waals surface area contributed by atoms with Crippen LogP contribution in [0.3, 0.4) is 0 Å². The van der Waals surface area contributed by atoms with Crippen LogP contribution in [-0.4, -0.2) is 30.4 Å². The maximum absolute atomic E-state index is 13.6. The average Bonchev–Trinajstić information content (AvgIpc) is 3.21. The van der Waals surface area contributed by atoms with Crippen molar-refractivity contribution in [3.63, 3.8) is 0 Å². The maximum Gasteiger partial charge on any atom is 0.350 e. The van der Waals surface area contributed by atoms with Crippen molar-refractivity contribution >= 4 is 28.9 Å². The summed E-state index contributed by atoms with van der Waals surface area (Å²) in [5.41, 5.74) is 2.58. The van der Waals surface area contributed by atoms with E-state index in [1.807, 2.05) is 17.0 Å². The summed E-state index contributed by atoms with van der Waals surface area (Å²) in [6.45, 7) is 0.786. The minimum absolute atomic E-state index is 0.0208. The molecule has 0 saturated heterocycles. The summed E-state index contributed by atoms with van der Waals surface area (Å²) < 4.78 is 18.4. The molecular weight excluding hydrogens is 417 g/mol. The molecule has 0 aliphatic carbocycles. The van der Waals surface area contributed by atoms with Crippen LogP contribution in [0.4, 0.5) is 10.1 Å². The number of methoxy groups -OCH3 is 1. The van der Waals surface area contributed by atoms with Gasteiger partial charge in [-0.25, -0.2) is 9.18 Å². The molecule has 0 aliphatic heterocycles. The monoisotopic (exact) mass is 437 g/mol. The second-order valence-corrected chi connectivity index (χ2v) is 7.70. The number of thiophene rings is 1. The first-order valence-corrected chi connectivity index (χ1v) is 10.3. The lowest BCUT2D eigenvalue weighted by atomic mass is 10.1. The first-order valence-electron chi connectivity index (χ1n) is 9.40. The van der Waals surface area contributed by atoms with Crippen LogP contribution in [0, 0.1) is 17.1 Å². The zero-order chi connectivity index (χ0) is 22.2. The number of nitrogens with zero attached hydrogens (tertiary/aromatic N) is 2. The van der Waals surface area contributed by atoms with Gasteiger partial charge in [0, 0.05) is 13.1 Å². The third kappa shape index (κ3) is 6.22. The number of carbonyl (C=O) groups excluding carboxylic acids is 2. The van der Waals surface area contributed by atoms with Crippen molar-refractivity contribution in [3.8, 4) is 6.07 Å². The first kappa shape index (κ1) is 22.2. The molecule has 2 aromatic carbocycles. The topological polar surface area (TPSA) is 82.4 Å². The van der Waals surface area contributed by atoms with E-state index in [-0.39, 0.29) is 18.3 Å². The minimum atomic E-state index is -0.514. The molecule has 6 nitrogen and oxygen atoms in total. The van der Waals surface area contributed by atoms with Crippen LogP contribution < -0.4 is 5.32 Å². The number of carbonyl (C=O) groups is 2. The second kappa shape index (κ2) is 10.5. The summed E-state index contributed by atoms with van der Waals surface area (Å²) in [6.07, 6.45) is 0. The summed E-state index contributed by atoms with van der Waals surface area (Å²) in [5.74, 6) is -1.17. The van der Waals surface area contributed by atoms with Gasteiger partial charge in [-0.1, -0.05) is 24.3 Å². The molecule has 1 aromatic heterocycles. The van der Waals surface area contributed by atoms with Gasteiger partial charge in [-0.3, -0.25) is 9.69 Å². The van der Waals surface area contributed by atoms with Gasteiger partial charge in [-0.05, 0) is 46.8 Å². The third-order valence-corrected chi connectivity index (χ3v) is 5.36. The Kier molecular flexibility index (Phi) is 7.49. The molecule has 0 unspecified atom stereocenters. The molecule has 0 aliphatic rings. The Morgan fingerprint density at radius 3 is 2.55 bits per heavy atom. The Hall–Kier alpha value is -3.54. The van der Waals surface area contributed by atoms with E-state index in [9.17, 15) is 14.0 Å². The van der Waals surface area contributed by atoms with Crippen LogP contribution in [0.15, 0.2) is 60.0 Å². The number of amides is 1. The molecule has 1 N–H and O–H groups in total. The molecule has 31 heavy (non-hydrogen) atoms. The summed E-state index contributed by atoms with van der Waals surface area (Å²) >= 11 is 1.18. The fourth-order valence-corrected chi connectivity index (χ4v) is 3.82. The molecule has 158 valence electrons. The molecule has 0 saturated carbocycles. The summed E-state index contributed by atoms with van der Waals surface area (Å²) in [4.78, 5) is 26.7. The lowest BCUT2D eigenvalue weighted by Gasteiger charge is -2.22. The van der Waals surface area contributed by atoms with E-state index in [4.69, 9.17) is 10.00 Å². The average molecular weight is 437 g/mol. The van der Waals surface area contributed by atoms with Gasteiger partial charge >= 0.3 is 5.97 Å². The van der Waals surface area contributed by atoms with Crippen molar-refractivity contribution in [1.82, 2.24) is 4.90 Å². The number of nitrogens with one attached hydrogen (secondary N) is 1. The van der Waals surface area contributed by atoms with Gasteiger partial charge in [0.2, 0.25) is 5.91 Å². The molecule has 1 heterocycles. The number of rotatable bonds is 8. The predicted octanol–water partition coefficient (Wildman–Crippen LogP) is 4.19. The van der Waals surface area contributed by atoms with Crippen molar-refractivity contribution in [2.75, 3.05) is 19.0 Å². The van der Waals surface area contributed by atoms with Gasteiger partial charge in [0.15, 0.2) is 0 Å². The number of anilines is 1. The van der Waals surface area contributed by atoms with Crippen molar-refractivity contribution in [3.05, 3.63) is 87.4 Å². The smallest absolute Gasteiger partial charge is 0.350 e.